The first-order valence-electron chi connectivity index (χ1n) is 10.6. The maximum Gasteiger partial charge on any atom is 0.211 e. The van der Waals surface area contributed by atoms with E-state index in [9.17, 15) is 15.0 Å². The van der Waals surface area contributed by atoms with Gasteiger partial charge in [0.1, 0.15) is 5.75 Å². The quantitative estimate of drug-likeness (QED) is 0.148. The van der Waals surface area contributed by atoms with Crippen LogP contribution in [0, 0.1) is 0 Å². The van der Waals surface area contributed by atoms with Crippen LogP contribution in [0.5, 0.6) is 5.75 Å². The van der Waals surface area contributed by atoms with Gasteiger partial charge in [-0.15, -0.1) is 0 Å². The molecule has 32 heavy (non-hydrogen) atoms. The van der Waals surface area contributed by atoms with Crippen molar-refractivity contribution in [3.8, 4) is 5.75 Å². The minimum Gasteiger partial charge on any atom is -0.506 e. The number of carbonyl (C=O) groups excluding carboxylic acids is 1. The zero-order valence-electron chi connectivity index (χ0n) is 17.9. The van der Waals surface area contributed by atoms with Crippen LogP contribution >= 0.6 is 0 Å². The number of nitrogens with two attached hydrogens (primary N) is 1. The molecule has 0 unspecified atom stereocenters. The van der Waals surface area contributed by atoms with E-state index in [1.165, 1.54) is 11.6 Å². The van der Waals surface area contributed by atoms with Gasteiger partial charge >= 0.3 is 0 Å². The summed E-state index contributed by atoms with van der Waals surface area (Å²) in [5.41, 5.74) is 10.4. The Morgan fingerprint density at radius 2 is 1.69 bits per heavy atom. The Hall–Kier alpha value is -3.39. The molecule has 7 N–H and O–H groups in total. The number of aliphatic hydroxyl groups is 1. The highest BCUT2D eigenvalue weighted by molar-refractivity contribution is 5.75. The number of benzene rings is 3. The second-order valence-corrected chi connectivity index (χ2v) is 7.60. The molecule has 2 atom stereocenters. The Labute approximate surface area is 188 Å². The topological polar surface area (TPSA) is 120 Å². The number of carbonyl (C=O) groups is 1. The second kappa shape index (κ2) is 11.9. The van der Waals surface area contributed by atoms with Crippen LogP contribution in [-0.4, -0.2) is 36.3 Å². The number of anilines is 2. The Bertz CT molecular complexity index is 980. The molecular formula is C25H30N4O3. The fourth-order valence-electron chi connectivity index (χ4n) is 3.36. The van der Waals surface area contributed by atoms with E-state index < -0.39 is 6.10 Å². The molecule has 7 nitrogen and oxygen atoms in total. The highest BCUT2D eigenvalue weighted by Crippen LogP contribution is 2.26. The molecule has 3 aromatic carbocycles. The minimum atomic E-state index is -0.747. The second-order valence-electron chi connectivity index (χ2n) is 7.60. The van der Waals surface area contributed by atoms with Gasteiger partial charge in [-0.2, -0.15) is 0 Å². The van der Waals surface area contributed by atoms with Crippen LogP contribution in [0.15, 0.2) is 72.8 Å². The van der Waals surface area contributed by atoms with E-state index in [2.05, 4.69) is 28.1 Å². The molecular weight excluding hydrogens is 404 g/mol. The van der Waals surface area contributed by atoms with Crippen LogP contribution in [0.4, 0.5) is 11.4 Å². The number of aliphatic hydroxyl groups excluding tert-OH is 1. The first-order chi connectivity index (χ1) is 15.6. The number of aromatic hydroxyl groups is 1. The van der Waals surface area contributed by atoms with Gasteiger partial charge in [0.05, 0.1) is 11.8 Å². The number of rotatable bonds is 12. The largest absolute Gasteiger partial charge is 0.506 e. The third-order valence-electron chi connectivity index (χ3n) is 5.26. The molecule has 0 fully saturated rings. The number of amides is 1. The summed E-state index contributed by atoms with van der Waals surface area (Å²) < 4.78 is 0. The van der Waals surface area contributed by atoms with Gasteiger partial charge in [-0.25, -0.2) is 0 Å². The molecule has 0 spiro atoms. The SMILES string of the molecule is N[C@H](CNc1ccc(CCNC[C@H](O)c2ccc(O)c(NC=O)c2)cc1)c1ccccc1. The monoisotopic (exact) mass is 434 g/mol. The van der Waals surface area contributed by atoms with E-state index in [4.69, 9.17) is 5.73 Å². The maximum atomic E-state index is 10.6. The lowest BCUT2D eigenvalue weighted by molar-refractivity contribution is -0.105. The van der Waals surface area contributed by atoms with Crippen molar-refractivity contribution in [2.45, 2.75) is 18.6 Å². The summed E-state index contributed by atoms with van der Waals surface area (Å²) >= 11 is 0. The summed E-state index contributed by atoms with van der Waals surface area (Å²) in [6.45, 7) is 1.73. The first-order valence-corrected chi connectivity index (χ1v) is 10.6. The van der Waals surface area contributed by atoms with Crippen molar-refractivity contribution in [3.63, 3.8) is 0 Å². The van der Waals surface area contributed by atoms with Crippen LogP contribution < -0.4 is 21.7 Å². The number of phenolic OH excluding ortho intramolecular Hbond substituents is 1. The summed E-state index contributed by atoms with van der Waals surface area (Å²) in [5.74, 6) is -0.0407. The summed E-state index contributed by atoms with van der Waals surface area (Å²) in [4.78, 5) is 10.6. The molecule has 0 saturated carbocycles. The Kier molecular flexibility index (Phi) is 8.62. The molecule has 0 aliphatic heterocycles. The predicted octanol–water partition coefficient (Wildman–Crippen LogP) is 2.94. The van der Waals surface area contributed by atoms with Gasteiger partial charge in [0.25, 0.3) is 0 Å². The molecule has 1 amide bonds. The van der Waals surface area contributed by atoms with Gasteiger partial charge in [-0.05, 0) is 53.9 Å². The van der Waals surface area contributed by atoms with Crippen molar-refractivity contribution in [3.05, 3.63) is 89.5 Å². The third kappa shape index (κ3) is 6.81. The Morgan fingerprint density at radius 1 is 0.938 bits per heavy atom. The minimum absolute atomic E-state index is 0.0407. The Morgan fingerprint density at radius 3 is 2.41 bits per heavy atom. The average Bonchev–Trinajstić information content (AvgIpc) is 2.83. The standard InChI is InChI=1S/C25H30N4O3/c26-22(19-4-2-1-3-5-19)15-28-21-9-6-18(7-10-21)12-13-27-16-25(32)20-8-11-24(31)23(14-20)29-17-30/h1-11,14,17,22,25,27-28,31-32H,12-13,15-16,26H2,(H,29,30)/t22-,25+/m1/s1. The van der Waals surface area contributed by atoms with Crippen LogP contribution in [0.3, 0.4) is 0 Å². The van der Waals surface area contributed by atoms with E-state index in [-0.39, 0.29) is 17.5 Å². The van der Waals surface area contributed by atoms with E-state index in [0.29, 0.717) is 31.6 Å². The molecule has 3 aromatic rings. The highest BCUT2D eigenvalue weighted by Gasteiger charge is 2.10. The number of hydrogen-bond donors (Lipinski definition) is 6. The molecule has 168 valence electrons. The van der Waals surface area contributed by atoms with Gasteiger partial charge in [0, 0.05) is 24.8 Å². The van der Waals surface area contributed by atoms with Gasteiger partial charge in [-0.1, -0.05) is 48.5 Å². The van der Waals surface area contributed by atoms with E-state index >= 15 is 0 Å². The van der Waals surface area contributed by atoms with Crippen molar-refractivity contribution in [2.75, 3.05) is 30.3 Å². The van der Waals surface area contributed by atoms with Crippen LogP contribution in [-0.2, 0) is 11.2 Å². The van der Waals surface area contributed by atoms with Gasteiger partial charge in [-0.3, -0.25) is 4.79 Å². The summed E-state index contributed by atoms with van der Waals surface area (Å²) in [6.07, 6.45) is 0.564. The van der Waals surface area contributed by atoms with E-state index in [0.717, 1.165) is 17.7 Å². The lowest BCUT2D eigenvalue weighted by atomic mass is 10.1. The van der Waals surface area contributed by atoms with Gasteiger partial charge in [0.2, 0.25) is 6.41 Å². The van der Waals surface area contributed by atoms with Crippen molar-refractivity contribution < 1.29 is 15.0 Å². The zero-order chi connectivity index (χ0) is 22.8. The van der Waals surface area contributed by atoms with Crippen LogP contribution in [0.2, 0.25) is 0 Å². The normalized spacial score (nSPS) is 12.7. The molecule has 0 aromatic heterocycles. The van der Waals surface area contributed by atoms with Crippen LogP contribution in [0.1, 0.15) is 28.8 Å². The first kappa shape index (κ1) is 23.3. The molecule has 0 aliphatic rings. The number of hydrogen-bond acceptors (Lipinski definition) is 6. The molecule has 0 heterocycles. The summed E-state index contributed by atoms with van der Waals surface area (Å²) in [5, 5.41) is 29.1. The smallest absolute Gasteiger partial charge is 0.211 e. The Balaban J connectivity index is 1.40. The van der Waals surface area contributed by atoms with Gasteiger partial charge in [0.15, 0.2) is 0 Å². The third-order valence-corrected chi connectivity index (χ3v) is 5.26. The highest BCUT2D eigenvalue weighted by atomic mass is 16.3. The maximum absolute atomic E-state index is 10.6. The summed E-state index contributed by atoms with van der Waals surface area (Å²) in [7, 11) is 0. The summed E-state index contributed by atoms with van der Waals surface area (Å²) in [6, 6.07) is 22.8. The average molecular weight is 435 g/mol. The lowest BCUT2D eigenvalue weighted by Crippen LogP contribution is -2.23. The van der Waals surface area contributed by atoms with E-state index in [1.807, 2.05) is 42.5 Å². The van der Waals surface area contributed by atoms with Gasteiger partial charge < -0.3 is 31.9 Å². The van der Waals surface area contributed by atoms with Crippen molar-refractivity contribution in [1.82, 2.24) is 5.32 Å². The van der Waals surface area contributed by atoms with Crippen LogP contribution in [0.25, 0.3) is 0 Å². The van der Waals surface area contributed by atoms with Crippen molar-refractivity contribution >= 4 is 17.8 Å². The molecule has 0 aliphatic carbocycles. The molecule has 0 bridgehead atoms. The van der Waals surface area contributed by atoms with Crippen molar-refractivity contribution in [2.24, 2.45) is 5.73 Å². The fourth-order valence-corrected chi connectivity index (χ4v) is 3.36. The molecule has 7 heteroatoms. The lowest BCUT2D eigenvalue weighted by Gasteiger charge is -2.15. The number of phenols is 1. The molecule has 3 rings (SSSR count). The fraction of sp³-hybridized carbons (Fsp3) is 0.240. The molecule has 0 radical (unpaired) electrons. The zero-order valence-corrected chi connectivity index (χ0v) is 17.9. The van der Waals surface area contributed by atoms with E-state index in [1.54, 1.807) is 12.1 Å². The van der Waals surface area contributed by atoms with Crippen molar-refractivity contribution in [1.29, 1.82) is 0 Å². The molecule has 0 saturated heterocycles. The predicted molar refractivity (Wildman–Crippen MR) is 128 cm³/mol. The number of nitrogens with one attached hydrogen (secondary N) is 3.